The number of amides is 1. The molecule has 0 saturated carbocycles. The van der Waals surface area contributed by atoms with Crippen molar-refractivity contribution < 1.29 is 14.3 Å². The third kappa shape index (κ3) is 4.55. The Morgan fingerprint density at radius 1 is 1.39 bits per heavy atom. The van der Waals surface area contributed by atoms with Crippen LogP contribution in [0.25, 0.3) is 0 Å². The van der Waals surface area contributed by atoms with Crippen LogP contribution >= 0.6 is 11.8 Å². The van der Waals surface area contributed by atoms with Crippen molar-refractivity contribution in [1.29, 1.82) is 5.26 Å². The smallest absolute Gasteiger partial charge is 0.231 e. The number of nitriles is 1. The van der Waals surface area contributed by atoms with Gasteiger partial charge in [-0.1, -0.05) is 13.8 Å². The Kier molecular flexibility index (Phi) is 5.78. The first-order chi connectivity index (χ1) is 10.9. The van der Waals surface area contributed by atoms with E-state index in [1.165, 1.54) is 11.8 Å². The van der Waals surface area contributed by atoms with Crippen LogP contribution in [0.3, 0.4) is 0 Å². The second-order valence-electron chi connectivity index (χ2n) is 5.96. The molecular weight excluding hydrogens is 312 g/mol. The molecule has 2 rings (SSSR count). The predicted molar refractivity (Wildman–Crippen MR) is 89.8 cm³/mol. The molecule has 1 aromatic rings. The zero-order valence-electron chi connectivity index (χ0n) is 13.7. The number of fused-ring (bicyclic) bond motifs is 1. The Labute approximate surface area is 141 Å². The van der Waals surface area contributed by atoms with Gasteiger partial charge < -0.3 is 14.8 Å². The van der Waals surface area contributed by atoms with Crippen LogP contribution in [0.5, 0.6) is 11.5 Å². The van der Waals surface area contributed by atoms with E-state index in [9.17, 15) is 10.1 Å². The summed E-state index contributed by atoms with van der Waals surface area (Å²) in [6.45, 7) is 6.87. The summed E-state index contributed by atoms with van der Waals surface area (Å²) < 4.78 is 11.2. The van der Waals surface area contributed by atoms with Crippen molar-refractivity contribution in [3.05, 3.63) is 18.2 Å². The van der Waals surface area contributed by atoms with E-state index in [1.807, 2.05) is 32.0 Å². The number of benzene rings is 1. The van der Waals surface area contributed by atoms with Crippen molar-refractivity contribution in [2.24, 2.45) is 5.92 Å². The van der Waals surface area contributed by atoms with Crippen LogP contribution < -0.4 is 14.8 Å². The van der Waals surface area contributed by atoms with Gasteiger partial charge in [-0.05, 0) is 31.0 Å². The molecule has 5 nitrogen and oxygen atoms in total. The van der Waals surface area contributed by atoms with Gasteiger partial charge in [-0.3, -0.25) is 4.79 Å². The molecule has 1 N–H and O–H groups in total. The van der Waals surface area contributed by atoms with Crippen LogP contribution in [0.4, 0.5) is 0 Å². The molecule has 1 aliphatic rings. The summed E-state index contributed by atoms with van der Waals surface area (Å²) in [5.41, 5.74) is -0.845. The lowest BCUT2D eigenvalue weighted by atomic mass is 9.90. The summed E-state index contributed by atoms with van der Waals surface area (Å²) >= 11 is 1.41. The Balaban J connectivity index is 1.95. The van der Waals surface area contributed by atoms with E-state index in [1.54, 1.807) is 6.92 Å². The van der Waals surface area contributed by atoms with Crippen LogP contribution in [0, 0.1) is 17.2 Å². The molecule has 1 aliphatic heterocycles. The largest absolute Gasteiger partial charge is 0.490 e. The number of nitrogens with zero attached hydrogens (tertiary/aromatic N) is 1. The average molecular weight is 334 g/mol. The number of carbonyl (C=O) groups is 1. The van der Waals surface area contributed by atoms with Gasteiger partial charge in [0.2, 0.25) is 5.91 Å². The van der Waals surface area contributed by atoms with E-state index in [0.29, 0.717) is 13.2 Å². The third-order valence-corrected chi connectivity index (χ3v) is 4.87. The summed E-state index contributed by atoms with van der Waals surface area (Å²) in [4.78, 5) is 13.0. The quantitative estimate of drug-likeness (QED) is 0.838. The standard InChI is InChI=1S/C17H22N2O3S/c1-12(2)17(3,11-18)19-16(20)10-23-13-5-6-14-15(9-13)22-8-4-7-21-14/h5-6,9,12H,4,7-8,10H2,1-3H3,(H,19,20)/t17-/m0/s1. The molecule has 0 aliphatic carbocycles. The molecule has 0 bridgehead atoms. The Bertz CT molecular complexity index is 612. The monoisotopic (exact) mass is 334 g/mol. The number of rotatable bonds is 5. The molecule has 0 aromatic heterocycles. The van der Waals surface area contributed by atoms with Gasteiger partial charge in [0.15, 0.2) is 11.5 Å². The van der Waals surface area contributed by atoms with Crippen LogP contribution in [-0.2, 0) is 4.79 Å². The van der Waals surface area contributed by atoms with Crippen molar-refractivity contribution >= 4 is 17.7 Å². The highest BCUT2D eigenvalue weighted by Gasteiger charge is 2.29. The van der Waals surface area contributed by atoms with Crippen molar-refractivity contribution in [2.45, 2.75) is 37.6 Å². The lowest BCUT2D eigenvalue weighted by Gasteiger charge is -2.27. The molecule has 0 unspecified atom stereocenters. The number of thioether (sulfide) groups is 1. The van der Waals surface area contributed by atoms with E-state index in [2.05, 4.69) is 11.4 Å². The minimum atomic E-state index is -0.845. The van der Waals surface area contributed by atoms with Gasteiger partial charge >= 0.3 is 0 Å². The fraction of sp³-hybridized carbons (Fsp3) is 0.529. The average Bonchev–Trinajstić information content (AvgIpc) is 2.77. The van der Waals surface area contributed by atoms with Gasteiger partial charge in [0.05, 0.1) is 25.0 Å². The minimum Gasteiger partial charge on any atom is -0.490 e. The highest BCUT2D eigenvalue weighted by atomic mass is 32.2. The fourth-order valence-electron chi connectivity index (χ4n) is 2.01. The molecule has 1 atom stereocenters. The Morgan fingerprint density at radius 2 is 2.09 bits per heavy atom. The van der Waals surface area contributed by atoms with Crippen molar-refractivity contribution in [3.8, 4) is 17.6 Å². The SMILES string of the molecule is CC(C)[C@](C)(C#N)NC(=O)CSc1ccc2c(c1)OCCCO2. The first-order valence-corrected chi connectivity index (χ1v) is 8.68. The molecule has 0 spiro atoms. The van der Waals surface area contributed by atoms with Gasteiger partial charge in [-0.15, -0.1) is 11.8 Å². The summed E-state index contributed by atoms with van der Waals surface area (Å²) in [6, 6.07) is 7.85. The molecule has 1 aromatic carbocycles. The molecule has 0 fully saturated rings. The Hall–Kier alpha value is -1.87. The van der Waals surface area contributed by atoms with Gasteiger partial charge in [-0.2, -0.15) is 5.26 Å². The summed E-state index contributed by atoms with van der Waals surface area (Å²) in [5, 5.41) is 12.1. The van der Waals surface area contributed by atoms with E-state index in [4.69, 9.17) is 9.47 Å². The molecule has 124 valence electrons. The molecule has 23 heavy (non-hydrogen) atoms. The zero-order valence-corrected chi connectivity index (χ0v) is 14.5. The van der Waals surface area contributed by atoms with Crippen molar-refractivity contribution in [1.82, 2.24) is 5.32 Å². The molecule has 0 saturated heterocycles. The van der Waals surface area contributed by atoms with E-state index in [-0.39, 0.29) is 17.6 Å². The second kappa shape index (κ2) is 7.60. The van der Waals surface area contributed by atoms with Crippen LogP contribution in [0.15, 0.2) is 23.1 Å². The molecule has 0 radical (unpaired) electrons. The third-order valence-electron chi connectivity index (χ3n) is 3.87. The second-order valence-corrected chi connectivity index (χ2v) is 7.01. The minimum absolute atomic E-state index is 0.0412. The van der Waals surface area contributed by atoms with Crippen molar-refractivity contribution in [2.75, 3.05) is 19.0 Å². The van der Waals surface area contributed by atoms with E-state index < -0.39 is 5.54 Å². The first-order valence-electron chi connectivity index (χ1n) is 7.69. The number of hydrogen-bond donors (Lipinski definition) is 1. The fourth-order valence-corrected chi connectivity index (χ4v) is 2.73. The molecule has 1 amide bonds. The van der Waals surface area contributed by atoms with Crippen LogP contribution in [0.2, 0.25) is 0 Å². The lowest BCUT2D eigenvalue weighted by Crippen LogP contribution is -2.49. The topological polar surface area (TPSA) is 71.4 Å². The number of ether oxygens (including phenoxy) is 2. The van der Waals surface area contributed by atoms with Gasteiger partial charge in [0.25, 0.3) is 0 Å². The van der Waals surface area contributed by atoms with Crippen molar-refractivity contribution in [3.63, 3.8) is 0 Å². The highest BCUT2D eigenvalue weighted by Crippen LogP contribution is 2.33. The maximum atomic E-state index is 12.1. The molecule has 1 heterocycles. The zero-order chi connectivity index (χ0) is 16.9. The van der Waals surface area contributed by atoms with E-state index >= 15 is 0 Å². The van der Waals surface area contributed by atoms with Gasteiger partial charge in [0.1, 0.15) is 5.54 Å². The van der Waals surface area contributed by atoms with Crippen LogP contribution in [-0.4, -0.2) is 30.4 Å². The Morgan fingerprint density at radius 3 is 2.74 bits per heavy atom. The molecular formula is C17H22N2O3S. The van der Waals surface area contributed by atoms with Gasteiger partial charge in [0, 0.05) is 11.3 Å². The molecule has 6 heteroatoms. The lowest BCUT2D eigenvalue weighted by molar-refractivity contribution is -0.120. The van der Waals surface area contributed by atoms with Crippen LogP contribution in [0.1, 0.15) is 27.2 Å². The number of nitrogens with one attached hydrogen (secondary N) is 1. The number of hydrogen-bond acceptors (Lipinski definition) is 5. The maximum Gasteiger partial charge on any atom is 0.231 e. The highest BCUT2D eigenvalue weighted by molar-refractivity contribution is 8.00. The van der Waals surface area contributed by atoms with E-state index in [0.717, 1.165) is 22.8 Å². The summed E-state index contributed by atoms with van der Waals surface area (Å²) in [5.74, 6) is 1.60. The summed E-state index contributed by atoms with van der Waals surface area (Å²) in [6.07, 6.45) is 0.863. The summed E-state index contributed by atoms with van der Waals surface area (Å²) in [7, 11) is 0. The number of carbonyl (C=O) groups excluding carboxylic acids is 1. The first kappa shape index (κ1) is 17.5. The normalized spacial score (nSPS) is 16.1. The maximum absolute atomic E-state index is 12.1. The van der Waals surface area contributed by atoms with Gasteiger partial charge in [-0.25, -0.2) is 0 Å². The predicted octanol–water partition coefficient (Wildman–Crippen LogP) is 2.99.